The van der Waals surface area contributed by atoms with E-state index in [2.05, 4.69) is 5.32 Å². The second-order valence-corrected chi connectivity index (χ2v) is 5.87. The van der Waals surface area contributed by atoms with Crippen molar-refractivity contribution in [2.24, 2.45) is 11.3 Å². The van der Waals surface area contributed by atoms with E-state index in [1.54, 1.807) is 11.8 Å². The number of nitrogens with one attached hydrogen (secondary N) is 1. The third-order valence-electron chi connectivity index (χ3n) is 3.38. The molecular weight excluding hydrogens is 244 g/mol. The molecule has 1 heterocycles. The quantitative estimate of drug-likeness (QED) is 0.733. The van der Waals surface area contributed by atoms with Crippen LogP contribution in [0, 0.1) is 11.3 Å². The van der Waals surface area contributed by atoms with Gasteiger partial charge in [-0.05, 0) is 32.7 Å². The number of carbonyl (C=O) groups excluding carboxylic acids is 2. The summed E-state index contributed by atoms with van der Waals surface area (Å²) >= 11 is 0. The first-order valence-corrected chi connectivity index (χ1v) is 7.04. The average Bonchev–Trinajstić information content (AvgIpc) is 2.75. The summed E-state index contributed by atoms with van der Waals surface area (Å²) in [6.45, 7) is 10.4. The van der Waals surface area contributed by atoms with Gasteiger partial charge in [-0.25, -0.2) is 0 Å². The topological polar surface area (TPSA) is 58.6 Å². The molecular formula is C14H26N2O3. The lowest BCUT2D eigenvalue weighted by atomic mass is 9.88. The van der Waals surface area contributed by atoms with Gasteiger partial charge in [0.1, 0.15) is 6.54 Å². The standard InChI is InChI=1S/C14H26N2O3/c1-5-19-12(17)9-16(8-11(2)3)13(18)14(4)6-7-15-10-14/h11,15H,5-10H2,1-4H3. The SMILES string of the molecule is CCOC(=O)CN(CC(C)C)C(=O)C1(C)CCNC1. The van der Waals surface area contributed by atoms with Crippen molar-refractivity contribution in [2.45, 2.75) is 34.1 Å². The normalized spacial score (nSPS) is 22.6. The van der Waals surface area contributed by atoms with Crippen LogP contribution >= 0.6 is 0 Å². The number of rotatable bonds is 6. The fourth-order valence-electron chi connectivity index (χ4n) is 2.40. The van der Waals surface area contributed by atoms with Crippen molar-refractivity contribution in [1.29, 1.82) is 0 Å². The van der Waals surface area contributed by atoms with Crippen LogP contribution in [0.2, 0.25) is 0 Å². The third kappa shape index (κ3) is 4.49. The molecule has 1 aliphatic rings. The predicted octanol–water partition coefficient (Wildman–Crippen LogP) is 1.03. The average molecular weight is 270 g/mol. The van der Waals surface area contributed by atoms with Crippen LogP contribution in [0.5, 0.6) is 0 Å². The Balaban J connectivity index is 2.72. The van der Waals surface area contributed by atoms with E-state index in [4.69, 9.17) is 4.74 Å². The van der Waals surface area contributed by atoms with Gasteiger partial charge in [-0.3, -0.25) is 9.59 Å². The summed E-state index contributed by atoms with van der Waals surface area (Å²) in [5.74, 6) is 0.0571. The van der Waals surface area contributed by atoms with Crippen molar-refractivity contribution in [3.63, 3.8) is 0 Å². The minimum atomic E-state index is -0.388. The number of hydrogen-bond acceptors (Lipinski definition) is 4. The van der Waals surface area contributed by atoms with Gasteiger partial charge in [-0.2, -0.15) is 0 Å². The summed E-state index contributed by atoms with van der Waals surface area (Å²) in [7, 11) is 0. The lowest BCUT2D eigenvalue weighted by Gasteiger charge is -2.31. The summed E-state index contributed by atoms with van der Waals surface area (Å²) in [6, 6.07) is 0. The van der Waals surface area contributed by atoms with Crippen LogP contribution in [0.1, 0.15) is 34.1 Å². The molecule has 1 amide bonds. The molecule has 0 aromatic heterocycles. The molecule has 1 saturated heterocycles. The highest BCUT2D eigenvalue weighted by Crippen LogP contribution is 2.27. The molecule has 5 heteroatoms. The second kappa shape index (κ2) is 6.89. The van der Waals surface area contributed by atoms with Crippen LogP contribution < -0.4 is 5.32 Å². The van der Waals surface area contributed by atoms with Crippen LogP contribution in [0.25, 0.3) is 0 Å². The van der Waals surface area contributed by atoms with Crippen LogP contribution in [0.4, 0.5) is 0 Å². The van der Waals surface area contributed by atoms with Crippen molar-refractivity contribution in [2.75, 3.05) is 32.8 Å². The maximum Gasteiger partial charge on any atom is 0.325 e. The van der Waals surface area contributed by atoms with Crippen molar-refractivity contribution in [1.82, 2.24) is 10.2 Å². The van der Waals surface area contributed by atoms with E-state index in [-0.39, 0.29) is 23.8 Å². The molecule has 5 nitrogen and oxygen atoms in total. The summed E-state index contributed by atoms with van der Waals surface area (Å²) in [5, 5.41) is 3.22. The van der Waals surface area contributed by atoms with Gasteiger partial charge in [-0.1, -0.05) is 13.8 Å². The van der Waals surface area contributed by atoms with E-state index >= 15 is 0 Å². The Morgan fingerprint density at radius 3 is 2.58 bits per heavy atom. The fourth-order valence-corrected chi connectivity index (χ4v) is 2.40. The molecule has 19 heavy (non-hydrogen) atoms. The van der Waals surface area contributed by atoms with E-state index in [1.165, 1.54) is 0 Å². The minimum Gasteiger partial charge on any atom is -0.465 e. The molecule has 0 saturated carbocycles. The number of esters is 1. The predicted molar refractivity (Wildman–Crippen MR) is 73.6 cm³/mol. The summed E-state index contributed by atoms with van der Waals surface area (Å²) in [6.07, 6.45) is 0.823. The summed E-state index contributed by atoms with van der Waals surface area (Å²) in [4.78, 5) is 25.9. The van der Waals surface area contributed by atoms with Crippen molar-refractivity contribution < 1.29 is 14.3 Å². The van der Waals surface area contributed by atoms with Crippen molar-refractivity contribution >= 4 is 11.9 Å². The molecule has 110 valence electrons. The molecule has 0 aromatic rings. The van der Waals surface area contributed by atoms with Crippen LogP contribution in [0.15, 0.2) is 0 Å². The monoisotopic (exact) mass is 270 g/mol. The molecule has 1 unspecified atom stereocenters. The van der Waals surface area contributed by atoms with E-state index in [9.17, 15) is 9.59 Å². The lowest BCUT2D eigenvalue weighted by molar-refractivity contribution is -0.152. The lowest BCUT2D eigenvalue weighted by Crippen LogP contribution is -2.47. The highest BCUT2D eigenvalue weighted by atomic mass is 16.5. The Bertz CT molecular complexity index is 323. The van der Waals surface area contributed by atoms with Crippen molar-refractivity contribution in [3.8, 4) is 0 Å². The Hall–Kier alpha value is -1.10. The zero-order valence-electron chi connectivity index (χ0n) is 12.5. The molecule has 1 rings (SSSR count). The van der Waals surface area contributed by atoms with Crippen LogP contribution in [-0.4, -0.2) is 49.6 Å². The fraction of sp³-hybridized carbons (Fsp3) is 0.857. The van der Waals surface area contributed by atoms with Gasteiger partial charge < -0.3 is 15.0 Å². The van der Waals surface area contributed by atoms with Gasteiger partial charge in [0.15, 0.2) is 0 Å². The maximum atomic E-state index is 12.6. The van der Waals surface area contributed by atoms with Gasteiger partial charge in [0.2, 0.25) is 5.91 Å². The van der Waals surface area contributed by atoms with Crippen LogP contribution in [0.3, 0.4) is 0 Å². The number of ether oxygens (including phenoxy) is 1. The number of carbonyl (C=O) groups is 2. The molecule has 1 N–H and O–H groups in total. The van der Waals surface area contributed by atoms with Gasteiger partial charge in [0.05, 0.1) is 12.0 Å². The van der Waals surface area contributed by atoms with Gasteiger partial charge in [0, 0.05) is 13.1 Å². The zero-order valence-corrected chi connectivity index (χ0v) is 12.5. The highest BCUT2D eigenvalue weighted by Gasteiger charge is 2.39. The molecule has 1 atom stereocenters. The van der Waals surface area contributed by atoms with E-state index in [0.717, 1.165) is 13.0 Å². The highest BCUT2D eigenvalue weighted by molar-refractivity contribution is 5.86. The first kappa shape index (κ1) is 16.0. The Morgan fingerprint density at radius 2 is 2.11 bits per heavy atom. The molecule has 1 aliphatic heterocycles. The number of hydrogen-bond donors (Lipinski definition) is 1. The van der Waals surface area contributed by atoms with Crippen molar-refractivity contribution in [3.05, 3.63) is 0 Å². The smallest absolute Gasteiger partial charge is 0.325 e. The Morgan fingerprint density at radius 1 is 1.42 bits per heavy atom. The zero-order chi connectivity index (χ0) is 14.5. The molecule has 0 bridgehead atoms. The second-order valence-electron chi connectivity index (χ2n) is 5.87. The maximum absolute atomic E-state index is 12.6. The Labute approximate surface area is 115 Å². The molecule has 1 fully saturated rings. The van der Waals surface area contributed by atoms with E-state index in [0.29, 0.717) is 25.6 Å². The number of amides is 1. The molecule has 0 radical (unpaired) electrons. The van der Waals surface area contributed by atoms with E-state index < -0.39 is 0 Å². The molecule has 0 spiro atoms. The Kier molecular flexibility index (Phi) is 5.79. The summed E-state index contributed by atoms with van der Waals surface area (Å²) in [5.41, 5.74) is -0.388. The van der Waals surface area contributed by atoms with Gasteiger partial charge >= 0.3 is 5.97 Å². The molecule has 0 aliphatic carbocycles. The largest absolute Gasteiger partial charge is 0.465 e. The first-order valence-electron chi connectivity index (χ1n) is 7.04. The van der Waals surface area contributed by atoms with E-state index in [1.807, 2.05) is 20.8 Å². The van der Waals surface area contributed by atoms with Crippen LogP contribution in [-0.2, 0) is 14.3 Å². The first-order chi connectivity index (χ1) is 8.89. The van der Waals surface area contributed by atoms with Gasteiger partial charge in [0.25, 0.3) is 0 Å². The van der Waals surface area contributed by atoms with Gasteiger partial charge in [-0.15, -0.1) is 0 Å². The third-order valence-corrected chi connectivity index (χ3v) is 3.38. The number of nitrogens with zero attached hydrogens (tertiary/aromatic N) is 1. The molecule has 0 aromatic carbocycles. The summed E-state index contributed by atoms with van der Waals surface area (Å²) < 4.78 is 4.95. The minimum absolute atomic E-state index is 0.0549.